The van der Waals surface area contributed by atoms with Gasteiger partial charge < -0.3 is 5.73 Å². The number of nitrogens with two attached hydrogens (primary N) is 1. The minimum absolute atomic E-state index is 0.0734. The Morgan fingerprint density at radius 1 is 1.22 bits per heavy atom. The molecule has 2 nitrogen and oxygen atoms in total. The second kappa shape index (κ2) is 4.20. The Hall–Kier alpha value is -1.15. The minimum atomic E-state index is 0.0734. The quantitative estimate of drug-likeness (QED) is 0.812. The van der Waals surface area contributed by atoms with Crippen molar-refractivity contribution in [1.29, 1.82) is 0 Å². The summed E-state index contributed by atoms with van der Waals surface area (Å²) in [5.41, 5.74) is 9.48. The molecule has 0 heterocycles. The molecule has 0 aliphatic heterocycles. The lowest BCUT2D eigenvalue weighted by Crippen LogP contribution is -2.40. The maximum atomic E-state index is 12.7. The van der Waals surface area contributed by atoms with Gasteiger partial charge in [0, 0.05) is 17.5 Å². The van der Waals surface area contributed by atoms with Gasteiger partial charge in [-0.1, -0.05) is 18.2 Å². The molecule has 2 aliphatic rings. The smallest absolute Gasteiger partial charge is 0.168 e. The van der Waals surface area contributed by atoms with E-state index in [2.05, 4.69) is 13.0 Å². The lowest BCUT2D eigenvalue weighted by atomic mass is 9.79. The largest absolute Gasteiger partial charge is 0.327 e. The number of aryl methyl sites for hydroxylation is 1. The topological polar surface area (TPSA) is 43.1 Å². The Labute approximate surface area is 109 Å². The van der Waals surface area contributed by atoms with Crippen molar-refractivity contribution >= 4 is 5.78 Å². The van der Waals surface area contributed by atoms with Crippen LogP contribution in [0.15, 0.2) is 18.2 Å². The number of carbonyl (C=O) groups excluding carboxylic acids is 1. The SMILES string of the molecule is Cc1cccc(C(=O)C2C3CCC(C3)C2N)c1C. The van der Waals surface area contributed by atoms with E-state index in [9.17, 15) is 4.79 Å². The molecule has 2 saturated carbocycles. The van der Waals surface area contributed by atoms with Gasteiger partial charge in [0.1, 0.15) is 0 Å². The van der Waals surface area contributed by atoms with Crippen LogP contribution in [0.1, 0.15) is 40.7 Å². The molecule has 3 rings (SSSR count). The normalized spacial score (nSPS) is 33.9. The van der Waals surface area contributed by atoms with Crippen LogP contribution in [0, 0.1) is 31.6 Å². The van der Waals surface area contributed by atoms with E-state index >= 15 is 0 Å². The van der Waals surface area contributed by atoms with Crippen molar-refractivity contribution < 1.29 is 4.79 Å². The van der Waals surface area contributed by atoms with E-state index in [1.54, 1.807) is 0 Å². The van der Waals surface area contributed by atoms with Gasteiger partial charge in [0.2, 0.25) is 0 Å². The first-order valence-electron chi connectivity index (χ1n) is 6.95. The van der Waals surface area contributed by atoms with E-state index in [1.807, 2.05) is 19.1 Å². The van der Waals surface area contributed by atoms with Gasteiger partial charge in [-0.2, -0.15) is 0 Å². The first kappa shape index (κ1) is 11.9. The Bertz CT molecular complexity index is 492. The first-order chi connectivity index (χ1) is 8.59. The van der Waals surface area contributed by atoms with Crippen LogP contribution in [0.2, 0.25) is 0 Å². The molecule has 4 atom stereocenters. The van der Waals surface area contributed by atoms with Crippen LogP contribution >= 0.6 is 0 Å². The van der Waals surface area contributed by atoms with Crippen molar-refractivity contribution in [2.45, 2.75) is 39.2 Å². The van der Waals surface area contributed by atoms with Crippen molar-refractivity contribution in [3.8, 4) is 0 Å². The van der Waals surface area contributed by atoms with Crippen LogP contribution in [0.5, 0.6) is 0 Å². The molecule has 0 saturated heterocycles. The van der Waals surface area contributed by atoms with Crippen molar-refractivity contribution in [3.63, 3.8) is 0 Å². The lowest BCUT2D eigenvalue weighted by molar-refractivity contribution is 0.0855. The number of hydrogen-bond acceptors (Lipinski definition) is 2. The lowest BCUT2D eigenvalue weighted by Gasteiger charge is -2.27. The Morgan fingerprint density at radius 2 is 1.94 bits per heavy atom. The highest BCUT2D eigenvalue weighted by Gasteiger charge is 2.49. The molecule has 0 amide bonds. The summed E-state index contributed by atoms with van der Waals surface area (Å²) in [5, 5.41) is 0. The van der Waals surface area contributed by atoms with Gasteiger partial charge in [-0.25, -0.2) is 0 Å². The third-order valence-corrected chi connectivity index (χ3v) is 5.15. The number of carbonyl (C=O) groups is 1. The van der Waals surface area contributed by atoms with Crippen LogP contribution in [0.25, 0.3) is 0 Å². The molecule has 4 unspecified atom stereocenters. The number of benzene rings is 1. The zero-order chi connectivity index (χ0) is 12.9. The van der Waals surface area contributed by atoms with E-state index in [4.69, 9.17) is 5.73 Å². The monoisotopic (exact) mass is 243 g/mol. The molecule has 0 aromatic heterocycles. The van der Waals surface area contributed by atoms with Gasteiger partial charge >= 0.3 is 0 Å². The van der Waals surface area contributed by atoms with E-state index in [0.29, 0.717) is 11.8 Å². The van der Waals surface area contributed by atoms with Gasteiger partial charge in [0.25, 0.3) is 0 Å². The maximum absolute atomic E-state index is 12.7. The fourth-order valence-corrected chi connectivity index (χ4v) is 3.92. The third kappa shape index (κ3) is 1.63. The van der Waals surface area contributed by atoms with Gasteiger partial charge in [0.05, 0.1) is 0 Å². The number of ketones is 1. The molecule has 0 radical (unpaired) electrons. The van der Waals surface area contributed by atoms with E-state index in [1.165, 1.54) is 24.8 Å². The Kier molecular flexibility index (Phi) is 2.78. The molecule has 2 bridgehead atoms. The van der Waals surface area contributed by atoms with E-state index < -0.39 is 0 Å². The molecule has 2 N–H and O–H groups in total. The summed E-state index contributed by atoms with van der Waals surface area (Å²) in [4.78, 5) is 12.7. The number of hydrogen-bond donors (Lipinski definition) is 1. The summed E-state index contributed by atoms with van der Waals surface area (Å²) >= 11 is 0. The molecule has 96 valence electrons. The highest BCUT2D eigenvalue weighted by molar-refractivity contribution is 6.00. The first-order valence-corrected chi connectivity index (χ1v) is 6.95. The van der Waals surface area contributed by atoms with Crippen LogP contribution in [-0.4, -0.2) is 11.8 Å². The van der Waals surface area contributed by atoms with Gasteiger partial charge in [-0.15, -0.1) is 0 Å². The summed E-state index contributed by atoms with van der Waals surface area (Å²) < 4.78 is 0. The van der Waals surface area contributed by atoms with Crippen molar-refractivity contribution in [3.05, 3.63) is 34.9 Å². The molecule has 0 spiro atoms. The van der Waals surface area contributed by atoms with Crippen LogP contribution < -0.4 is 5.73 Å². The zero-order valence-electron chi connectivity index (χ0n) is 11.1. The fraction of sp³-hybridized carbons (Fsp3) is 0.562. The standard InChI is InChI=1S/C16H21NO/c1-9-4-3-5-13(10(9)2)16(18)14-11-6-7-12(8-11)15(14)17/h3-5,11-12,14-15H,6-8,17H2,1-2H3. The molecule has 18 heavy (non-hydrogen) atoms. The van der Waals surface area contributed by atoms with Crippen LogP contribution in [0.4, 0.5) is 0 Å². The number of Topliss-reactive ketones (excluding diaryl/α,β-unsaturated/α-hetero) is 1. The predicted octanol–water partition coefficient (Wildman–Crippen LogP) is 2.86. The number of fused-ring (bicyclic) bond motifs is 2. The highest BCUT2D eigenvalue weighted by Crippen LogP contribution is 2.48. The van der Waals surface area contributed by atoms with E-state index in [-0.39, 0.29) is 17.7 Å². The molecule has 1 aromatic carbocycles. The van der Waals surface area contributed by atoms with Gasteiger partial charge in [-0.05, 0) is 56.1 Å². The molecular weight excluding hydrogens is 222 g/mol. The summed E-state index contributed by atoms with van der Waals surface area (Å²) in [6.45, 7) is 4.11. The van der Waals surface area contributed by atoms with Crippen LogP contribution in [0.3, 0.4) is 0 Å². The van der Waals surface area contributed by atoms with Gasteiger partial charge in [-0.3, -0.25) is 4.79 Å². The highest BCUT2D eigenvalue weighted by atomic mass is 16.1. The predicted molar refractivity (Wildman–Crippen MR) is 72.5 cm³/mol. The summed E-state index contributed by atoms with van der Waals surface area (Å²) in [5.74, 6) is 1.49. The molecular formula is C16H21NO. The Balaban J connectivity index is 1.93. The second-order valence-corrected chi connectivity index (χ2v) is 6.05. The summed E-state index contributed by atoms with van der Waals surface area (Å²) in [7, 11) is 0. The maximum Gasteiger partial charge on any atom is 0.168 e. The summed E-state index contributed by atoms with van der Waals surface area (Å²) in [6.07, 6.45) is 3.59. The average molecular weight is 243 g/mol. The van der Waals surface area contributed by atoms with Crippen LogP contribution in [-0.2, 0) is 0 Å². The molecule has 2 heteroatoms. The molecule has 2 aliphatic carbocycles. The summed E-state index contributed by atoms with van der Waals surface area (Å²) in [6, 6.07) is 6.10. The fourth-order valence-electron chi connectivity index (χ4n) is 3.92. The molecule has 2 fully saturated rings. The second-order valence-electron chi connectivity index (χ2n) is 6.05. The minimum Gasteiger partial charge on any atom is -0.327 e. The average Bonchev–Trinajstić information content (AvgIpc) is 2.92. The van der Waals surface area contributed by atoms with E-state index in [0.717, 1.165) is 11.1 Å². The third-order valence-electron chi connectivity index (χ3n) is 5.15. The zero-order valence-corrected chi connectivity index (χ0v) is 11.1. The van der Waals surface area contributed by atoms with Gasteiger partial charge in [0.15, 0.2) is 5.78 Å². The van der Waals surface area contributed by atoms with Crippen molar-refractivity contribution in [1.82, 2.24) is 0 Å². The van der Waals surface area contributed by atoms with Crippen molar-refractivity contribution in [2.75, 3.05) is 0 Å². The Morgan fingerprint density at radius 3 is 2.61 bits per heavy atom. The molecule has 1 aromatic rings. The number of rotatable bonds is 2. The van der Waals surface area contributed by atoms with Crippen molar-refractivity contribution in [2.24, 2.45) is 23.5 Å².